The molecule has 1 amide bonds. The number of aryl methyl sites for hydroxylation is 2. The summed E-state index contributed by atoms with van der Waals surface area (Å²) in [7, 11) is 0. The Kier molecular flexibility index (Phi) is 4.06. The summed E-state index contributed by atoms with van der Waals surface area (Å²) in [6.07, 6.45) is 0. The van der Waals surface area contributed by atoms with Gasteiger partial charge >= 0.3 is 0 Å². The summed E-state index contributed by atoms with van der Waals surface area (Å²) < 4.78 is 5.55. The van der Waals surface area contributed by atoms with E-state index in [4.69, 9.17) is 4.74 Å². The first kappa shape index (κ1) is 15.2. The molecule has 3 aromatic rings. The molecule has 0 fully saturated rings. The molecule has 4 heteroatoms. The molecule has 118 valence electrons. The number of aromatic amines is 1. The summed E-state index contributed by atoms with van der Waals surface area (Å²) in [5.41, 5.74) is 4.34. The maximum absolute atomic E-state index is 12.6. The fourth-order valence-corrected chi connectivity index (χ4v) is 2.71. The first-order valence-corrected chi connectivity index (χ1v) is 7.72. The van der Waals surface area contributed by atoms with Crippen molar-refractivity contribution >= 4 is 22.5 Å². The van der Waals surface area contributed by atoms with Crippen LogP contribution in [0.5, 0.6) is 5.75 Å². The lowest BCUT2D eigenvalue weighted by Gasteiger charge is -2.11. The Hall–Kier alpha value is -2.75. The predicted molar refractivity (Wildman–Crippen MR) is 93.3 cm³/mol. The quantitative estimate of drug-likeness (QED) is 0.749. The largest absolute Gasteiger partial charge is 0.492 e. The summed E-state index contributed by atoms with van der Waals surface area (Å²) in [4.78, 5) is 15.9. The van der Waals surface area contributed by atoms with Crippen molar-refractivity contribution in [1.82, 2.24) is 4.98 Å². The van der Waals surface area contributed by atoms with Crippen molar-refractivity contribution < 1.29 is 9.53 Å². The molecule has 0 radical (unpaired) electrons. The lowest BCUT2D eigenvalue weighted by molar-refractivity contribution is 0.102. The van der Waals surface area contributed by atoms with Crippen LogP contribution in [0.3, 0.4) is 0 Å². The van der Waals surface area contributed by atoms with Crippen molar-refractivity contribution in [3.05, 3.63) is 59.3 Å². The highest BCUT2D eigenvalue weighted by molar-refractivity contribution is 6.08. The van der Waals surface area contributed by atoms with Gasteiger partial charge in [-0.05, 0) is 50.1 Å². The molecule has 0 atom stereocenters. The molecule has 23 heavy (non-hydrogen) atoms. The second kappa shape index (κ2) is 6.16. The molecule has 0 spiro atoms. The second-order valence-corrected chi connectivity index (χ2v) is 5.56. The van der Waals surface area contributed by atoms with Gasteiger partial charge in [-0.3, -0.25) is 4.79 Å². The van der Waals surface area contributed by atoms with Crippen LogP contribution in [0.4, 0.5) is 5.69 Å². The van der Waals surface area contributed by atoms with E-state index in [1.165, 1.54) is 0 Å². The zero-order valence-corrected chi connectivity index (χ0v) is 13.6. The summed E-state index contributed by atoms with van der Waals surface area (Å²) in [5.74, 6) is 0.511. The van der Waals surface area contributed by atoms with E-state index in [9.17, 15) is 4.79 Å². The first-order valence-electron chi connectivity index (χ1n) is 7.72. The number of carbonyl (C=O) groups excluding carboxylic acids is 1. The number of carbonyl (C=O) groups is 1. The van der Waals surface area contributed by atoms with Gasteiger partial charge < -0.3 is 15.0 Å². The van der Waals surface area contributed by atoms with Gasteiger partial charge in [0.1, 0.15) is 11.4 Å². The molecule has 0 aliphatic rings. The van der Waals surface area contributed by atoms with Crippen LogP contribution in [0, 0.1) is 13.8 Å². The van der Waals surface area contributed by atoms with Gasteiger partial charge in [-0.1, -0.05) is 24.3 Å². The smallest absolute Gasteiger partial charge is 0.272 e. The number of fused-ring (bicyclic) bond motifs is 1. The number of amides is 1. The number of hydrogen-bond acceptors (Lipinski definition) is 2. The lowest BCUT2D eigenvalue weighted by atomic mass is 10.1. The normalized spacial score (nSPS) is 10.7. The van der Waals surface area contributed by atoms with Gasteiger partial charge in [0, 0.05) is 10.9 Å². The first-order chi connectivity index (χ1) is 11.1. The number of benzene rings is 2. The van der Waals surface area contributed by atoms with E-state index in [2.05, 4.69) is 16.4 Å². The highest BCUT2D eigenvalue weighted by Crippen LogP contribution is 2.27. The van der Waals surface area contributed by atoms with Gasteiger partial charge in [0.05, 0.1) is 12.3 Å². The summed E-state index contributed by atoms with van der Waals surface area (Å²) >= 11 is 0. The van der Waals surface area contributed by atoms with Crippen LogP contribution in [0.2, 0.25) is 0 Å². The van der Waals surface area contributed by atoms with Crippen LogP contribution in [-0.4, -0.2) is 17.5 Å². The molecule has 0 saturated carbocycles. The minimum Gasteiger partial charge on any atom is -0.492 e. The van der Waals surface area contributed by atoms with E-state index in [1.807, 2.05) is 57.2 Å². The van der Waals surface area contributed by atoms with Crippen LogP contribution in [0.15, 0.2) is 42.5 Å². The monoisotopic (exact) mass is 308 g/mol. The number of nitrogens with one attached hydrogen (secondary N) is 2. The van der Waals surface area contributed by atoms with Crippen molar-refractivity contribution in [2.45, 2.75) is 20.8 Å². The number of aromatic nitrogens is 1. The minimum absolute atomic E-state index is 0.163. The molecule has 1 aromatic heterocycles. The molecular formula is C19H20N2O2. The van der Waals surface area contributed by atoms with Crippen molar-refractivity contribution in [3.8, 4) is 5.75 Å². The fraction of sp³-hybridized carbons (Fsp3) is 0.211. The molecule has 0 bridgehead atoms. The maximum Gasteiger partial charge on any atom is 0.272 e. The molecule has 0 aliphatic carbocycles. The van der Waals surface area contributed by atoms with Gasteiger partial charge in [-0.15, -0.1) is 0 Å². The van der Waals surface area contributed by atoms with E-state index in [0.29, 0.717) is 23.7 Å². The van der Waals surface area contributed by atoms with Gasteiger partial charge in [-0.25, -0.2) is 0 Å². The third-order valence-corrected chi connectivity index (χ3v) is 3.88. The zero-order chi connectivity index (χ0) is 16.4. The number of anilines is 1. The zero-order valence-electron chi connectivity index (χ0n) is 13.6. The Bertz CT molecular complexity index is 865. The fourth-order valence-electron chi connectivity index (χ4n) is 2.71. The highest BCUT2D eigenvalue weighted by atomic mass is 16.5. The number of hydrogen-bond donors (Lipinski definition) is 2. The standard InChI is InChI=1S/C19H20N2O2/c1-4-23-17-8-6-5-7-15(17)21-19(22)18-13(3)14-10-9-12(2)11-16(14)20-18/h5-11,20H,4H2,1-3H3,(H,21,22). The van der Waals surface area contributed by atoms with E-state index in [1.54, 1.807) is 0 Å². The van der Waals surface area contributed by atoms with Crippen LogP contribution in [-0.2, 0) is 0 Å². The number of ether oxygens (including phenoxy) is 1. The molecule has 2 aromatic carbocycles. The lowest BCUT2D eigenvalue weighted by Crippen LogP contribution is -2.14. The Labute approximate surface area is 135 Å². The predicted octanol–water partition coefficient (Wildman–Crippen LogP) is 4.44. The van der Waals surface area contributed by atoms with Gasteiger partial charge in [0.2, 0.25) is 0 Å². The summed E-state index contributed by atoms with van der Waals surface area (Å²) in [6.45, 7) is 6.46. The summed E-state index contributed by atoms with van der Waals surface area (Å²) in [6, 6.07) is 13.6. The summed E-state index contributed by atoms with van der Waals surface area (Å²) in [5, 5.41) is 4.00. The van der Waals surface area contributed by atoms with Crippen LogP contribution in [0.25, 0.3) is 10.9 Å². The maximum atomic E-state index is 12.6. The Balaban J connectivity index is 1.94. The molecule has 2 N–H and O–H groups in total. The van der Waals surface area contributed by atoms with Crippen molar-refractivity contribution in [2.24, 2.45) is 0 Å². The van der Waals surface area contributed by atoms with Gasteiger partial charge in [-0.2, -0.15) is 0 Å². The number of H-pyrrole nitrogens is 1. The SMILES string of the molecule is CCOc1ccccc1NC(=O)c1[nH]c2cc(C)ccc2c1C. The molecule has 0 saturated heterocycles. The minimum atomic E-state index is -0.163. The number of rotatable bonds is 4. The molecule has 0 aliphatic heterocycles. The third kappa shape index (κ3) is 2.93. The Morgan fingerprint density at radius 2 is 1.96 bits per heavy atom. The average Bonchev–Trinajstić information content (AvgIpc) is 2.86. The van der Waals surface area contributed by atoms with Crippen LogP contribution >= 0.6 is 0 Å². The topological polar surface area (TPSA) is 54.1 Å². The van der Waals surface area contributed by atoms with Crippen LogP contribution in [0.1, 0.15) is 28.5 Å². The van der Waals surface area contributed by atoms with Gasteiger partial charge in [0.15, 0.2) is 0 Å². The van der Waals surface area contributed by atoms with E-state index in [0.717, 1.165) is 22.0 Å². The van der Waals surface area contributed by atoms with Crippen LogP contribution < -0.4 is 10.1 Å². The molecule has 3 rings (SSSR count). The van der Waals surface area contributed by atoms with E-state index < -0.39 is 0 Å². The Morgan fingerprint density at radius 1 is 1.17 bits per heavy atom. The average molecular weight is 308 g/mol. The second-order valence-electron chi connectivity index (χ2n) is 5.56. The molecule has 4 nitrogen and oxygen atoms in total. The number of para-hydroxylation sites is 2. The van der Waals surface area contributed by atoms with Crippen molar-refractivity contribution in [2.75, 3.05) is 11.9 Å². The van der Waals surface area contributed by atoms with E-state index in [-0.39, 0.29) is 5.91 Å². The van der Waals surface area contributed by atoms with E-state index >= 15 is 0 Å². The van der Waals surface area contributed by atoms with Crippen molar-refractivity contribution in [3.63, 3.8) is 0 Å². The van der Waals surface area contributed by atoms with Crippen molar-refractivity contribution in [1.29, 1.82) is 0 Å². The highest BCUT2D eigenvalue weighted by Gasteiger charge is 2.16. The molecule has 1 heterocycles. The Morgan fingerprint density at radius 3 is 2.74 bits per heavy atom. The van der Waals surface area contributed by atoms with Gasteiger partial charge in [0.25, 0.3) is 5.91 Å². The molecular weight excluding hydrogens is 288 g/mol. The molecule has 0 unspecified atom stereocenters. The third-order valence-electron chi connectivity index (χ3n) is 3.88.